The molecule has 0 aliphatic carbocycles. The number of rotatable bonds is 2. The number of nitrogens with zero attached hydrogens (tertiary/aromatic N) is 1. The predicted octanol–water partition coefficient (Wildman–Crippen LogP) is 2.10. The largest absolute Gasteiger partial charge is 0.508 e. The topological polar surface area (TPSA) is 99.1 Å². The van der Waals surface area contributed by atoms with Crippen molar-refractivity contribution in [3.05, 3.63) is 53.6 Å². The zero-order chi connectivity index (χ0) is 13.8. The van der Waals surface area contributed by atoms with Gasteiger partial charge in [-0.25, -0.2) is 0 Å². The Balaban J connectivity index is 2.22. The third-order valence-corrected chi connectivity index (χ3v) is 2.54. The average molecular weight is 253 g/mol. The molecule has 1 amide bonds. The van der Waals surface area contributed by atoms with Crippen LogP contribution >= 0.6 is 0 Å². The van der Waals surface area contributed by atoms with Crippen molar-refractivity contribution in [2.75, 3.05) is 11.1 Å². The van der Waals surface area contributed by atoms with Crippen molar-refractivity contribution in [3.63, 3.8) is 0 Å². The number of nitrogens with two attached hydrogens (primary N) is 1. The van der Waals surface area contributed by atoms with Gasteiger partial charge in [-0.3, -0.25) is 4.79 Å². The molecule has 0 spiro atoms. The number of phenols is 1. The Morgan fingerprint density at radius 2 is 2.05 bits per heavy atom. The standard InChI is InChI=1S/C14H11N3O2/c15-8-9-4-5-13(12(16)6-9)17-14(19)10-2-1-3-11(18)7-10/h1-7,18H,16H2,(H,17,19). The van der Waals surface area contributed by atoms with E-state index in [0.717, 1.165) is 0 Å². The van der Waals surface area contributed by atoms with Crippen LogP contribution in [-0.4, -0.2) is 11.0 Å². The summed E-state index contributed by atoms with van der Waals surface area (Å²) in [6, 6.07) is 12.6. The second-order valence-corrected chi connectivity index (χ2v) is 3.92. The lowest BCUT2D eigenvalue weighted by atomic mass is 10.1. The number of nitriles is 1. The summed E-state index contributed by atoms with van der Waals surface area (Å²) in [6.45, 7) is 0. The van der Waals surface area contributed by atoms with Crippen LogP contribution in [0.15, 0.2) is 42.5 Å². The molecule has 0 aromatic heterocycles. The first-order chi connectivity index (χ1) is 9.10. The average Bonchev–Trinajstić information content (AvgIpc) is 2.41. The smallest absolute Gasteiger partial charge is 0.255 e. The van der Waals surface area contributed by atoms with E-state index >= 15 is 0 Å². The van der Waals surface area contributed by atoms with E-state index in [2.05, 4.69) is 5.32 Å². The van der Waals surface area contributed by atoms with Gasteiger partial charge in [0.1, 0.15) is 5.75 Å². The molecule has 0 aliphatic heterocycles. The monoisotopic (exact) mass is 253 g/mol. The Morgan fingerprint density at radius 1 is 1.26 bits per heavy atom. The fraction of sp³-hybridized carbons (Fsp3) is 0. The van der Waals surface area contributed by atoms with Crippen molar-refractivity contribution in [1.82, 2.24) is 0 Å². The highest BCUT2D eigenvalue weighted by Crippen LogP contribution is 2.21. The van der Waals surface area contributed by atoms with Crippen LogP contribution in [0.25, 0.3) is 0 Å². The summed E-state index contributed by atoms with van der Waals surface area (Å²) in [7, 11) is 0. The fourth-order valence-corrected chi connectivity index (χ4v) is 1.59. The molecule has 2 rings (SSSR count). The highest BCUT2D eigenvalue weighted by Gasteiger charge is 2.09. The lowest BCUT2D eigenvalue weighted by molar-refractivity contribution is 0.102. The van der Waals surface area contributed by atoms with Gasteiger partial charge in [-0.15, -0.1) is 0 Å². The van der Waals surface area contributed by atoms with E-state index in [1.807, 2.05) is 6.07 Å². The summed E-state index contributed by atoms with van der Waals surface area (Å²) < 4.78 is 0. The second kappa shape index (κ2) is 5.10. The minimum Gasteiger partial charge on any atom is -0.508 e. The van der Waals surface area contributed by atoms with Crippen LogP contribution in [0.2, 0.25) is 0 Å². The molecule has 0 fully saturated rings. The van der Waals surface area contributed by atoms with E-state index in [4.69, 9.17) is 11.0 Å². The van der Waals surface area contributed by atoms with Crippen molar-refractivity contribution >= 4 is 17.3 Å². The number of benzene rings is 2. The number of nitrogen functional groups attached to an aromatic ring is 1. The zero-order valence-corrected chi connectivity index (χ0v) is 9.92. The summed E-state index contributed by atoms with van der Waals surface area (Å²) in [5, 5.41) is 20.7. The summed E-state index contributed by atoms with van der Waals surface area (Å²) in [4.78, 5) is 11.9. The van der Waals surface area contributed by atoms with E-state index < -0.39 is 0 Å². The first kappa shape index (κ1) is 12.5. The maximum absolute atomic E-state index is 11.9. The Hall–Kier alpha value is -3.00. The van der Waals surface area contributed by atoms with Gasteiger partial charge in [-0.2, -0.15) is 5.26 Å². The van der Waals surface area contributed by atoms with Crippen LogP contribution in [-0.2, 0) is 0 Å². The number of carbonyl (C=O) groups is 1. The number of amides is 1. The Kier molecular flexibility index (Phi) is 3.35. The normalized spacial score (nSPS) is 9.63. The molecule has 0 aliphatic rings. The first-order valence-electron chi connectivity index (χ1n) is 5.50. The molecule has 0 radical (unpaired) electrons. The molecule has 0 saturated heterocycles. The summed E-state index contributed by atoms with van der Waals surface area (Å²) in [6.07, 6.45) is 0. The van der Waals surface area contributed by atoms with Crippen LogP contribution < -0.4 is 11.1 Å². The SMILES string of the molecule is N#Cc1ccc(NC(=O)c2cccc(O)c2)c(N)c1. The van der Waals surface area contributed by atoms with Crippen molar-refractivity contribution in [3.8, 4) is 11.8 Å². The molecule has 0 unspecified atom stereocenters. The minimum atomic E-state index is -0.382. The van der Waals surface area contributed by atoms with Gasteiger partial charge in [-0.05, 0) is 36.4 Å². The molecular formula is C14H11N3O2. The third-order valence-electron chi connectivity index (χ3n) is 2.54. The Morgan fingerprint density at radius 3 is 2.68 bits per heavy atom. The number of aromatic hydroxyl groups is 1. The highest BCUT2D eigenvalue weighted by molar-refractivity contribution is 6.06. The Labute approximate surface area is 109 Å². The molecule has 5 heteroatoms. The van der Waals surface area contributed by atoms with Crippen LogP contribution in [0.5, 0.6) is 5.75 Å². The molecule has 19 heavy (non-hydrogen) atoms. The van der Waals surface area contributed by atoms with Gasteiger partial charge in [0.05, 0.1) is 23.0 Å². The van der Waals surface area contributed by atoms with Gasteiger partial charge in [0.15, 0.2) is 0 Å². The lowest BCUT2D eigenvalue weighted by Gasteiger charge is -2.08. The van der Waals surface area contributed by atoms with Gasteiger partial charge in [0.25, 0.3) is 5.91 Å². The summed E-state index contributed by atoms with van der Waals surface area (Å²) in [5.41, 5.74) is 7.22. The molecule has 5 nitrogen and oxygen atoms in total. The van der Waals surface area contributed by atoms with E-state index in [1.165, 1.54) is 18.2 Å². The molecule has 2 aromatic carbocycles. The quantitative estimate of drug-likeness (QED) is 0.713. The van der Waals surface area contributed by atoms with Gasteiger partial charge in [0, 0.05) is 5.56 Å². The van der Waals surface area contributed by atoms with Crippen LogP contribution in [0.3, 0.4) is 0 Å². The number of nitrogens with one attached hydrogen (secondary N) is 1. The number of phenolic OH excluding ortho intramolecular Hbond substituents is 1. The molecular weight excluding hydrogens is 242 g/mol. The summed E-state index contributed by atoms with van der Waals surface area (Å²) in [5.74, 6) is -0.368. The third kappa shape index (κ3) is 2.82. The van der Waals surface area contributed by atoms with Crippen molar-refractivity contribution in [2.24, 2.45) is 0 Å². The zero-order valence-electron chi connectivity index (χ0n) is 9.92. The van der Waals surface area contributed by atoms with Crippen LogP contribution in [0.4, 0.5) is 11.4 Å². The van der Waals surface area contributed by atoms with Crippen molar-refractivity contribution in [2.45, 2.75) is 0 Å². The molecule has 0 bridgehead atoms. The molecule has 0 saturated carbocycles. The lowest BCUT2D eigenvalue weighted by Crippen LogP contribution is -2.13. The minimum absolute atomic E-state index is 0.0143. The van der Waals surface area contributed by atoms with E-state index in [9.17, 15) is 9.90 Å². The second-order valence-electron chi connectivity index (χ2n) is 3.92. The van der Waals surface area contributed by atoms with E-state index in [0.29, 0.717) is 22.5 Å². The van der Waals surface area contributed by atoms with Gasteiger partial charge >= 0.3 is 0 Å². The molecule has 4 N–H and O–H groups in total. The predicted molar refractivity (Wildman–Crippen MR) is 71.6 cm³/mol. The summed E-state index contributed by atoms with van der Waals surface area (Å²) >= 11 is 0. The van der Waals surface area contributed by atoms with Gasteiger partial charge < -0.3 is 16.2 Å². The van der Waals surface area contributed by atoms with Crippen LogP contribution in [0.1, 0.15) is 15.9 Å². The number of hydrogen-bond acceptors (Lipinski definition) is 4. The molecule has 0 atom stereocenters. The molecule has 0 heterocycles. The Bertz CT molecular complexity index is 675. The van der Waals surface area contributed by atoms with Gasteiger partial charge in [-0.1, -0.05) is 6.07 Å². The van der Waals surface area contributed by atoms with E-state index in [1.54, 1.807) is 24.3 Å². The maximum Gasteiger partial charge on any atom is 0.255 e. The maximum atomic E-state index is 11.9. The first-order valence-corrected chi connectivity index (χ1v) is 5.50. The number of carbonyl (C=O) groups excluding carboxylic acids is 1. The van der Waals surface area contributed by atoms with Crippen molar-refractivity contribution in [1.29, 1.82) is 5.26 Å². The number of hydrogen-bond donors (Lipinski definition) is 3. The fourth-order valence-electron chi connectivity index (χ4n) is 1.59. The highest BCUT2D eigenvalue weighted by atomic mass is 16.3. The number of anilines is 2. The molecule has 94 valence electrons. The van der Waals surface area contributed by atoms with Crippen molar-refractivity contribution < 1.29 is 9.90 Å². The van der Waals surface area contributed by atoms with Crippen LogP contribution in [0, 0.1) is 11.3 Å². The van der Waals surface area contributed by atoms with Gasteiger partial charge in [0.2, 0.25) is 0 Å². The van der Waals surface area contributed by atoms with E-state index in [-0.39, 0.29) is 11.7 Å². The molecule has 2 aromatic rings.